The van der Waals surface area contributed by atoms with E-state index in [4.69, 9.17) is 4.98 Å². The van der Waals surface area contributed by atoms with Crippen LogP contribution in [0, 0.1) is 6.92 Å². The third-order valence-corrected chi connectivity index (χ3v) is 6.39. The number of hydrogen-bond donors (Lipinski definition) is 2. The van der Waals surface area contributed by atoms with Gasteiger partial charge < -0.3 is 10.6 Å². The van der Waals surface area contributed by atoms with Crippen molar-refractivity contribution < 1.29 is 4.79 Å². The number of hydrogen-bond acceptors (Lipinski definition) is 4. The molecule has 0 saturated carbocycles. The van der Waals surface area contributed by atoms with E-state index in [0.29, 0.717) is 18.7 Å². The van der Waals surface area contributed by atoms with Crippen LogP contribution in [0.25, 0.3) is 27.7 Å². The first-order chi connectivity index (χ1) is 16.6. The second kappa shape index (κ2) is 9.65. The van der Waals surface area contributed by atoms with Gasteiger partial charge in [-0.25, -0.2) is 4.98 Å². The predicted molar refractivity (Wildman–Crippen MR) is 140 cm³/mol. The van der Waals surface area contributed by atoms with Gasteiger partial charge in [0.05, 0.1) is 16.4 Å². The number of nitrogens with one attached hydrogen (secondary N) is 2. The number of nitrogens with zero attached hydrogens (tertiary/aromatic N) is 3. The van der Waals surface area contributed by atoms with E-state index in [2.05, 4.69) is 50.7 Å². The monoisotopic (exact) mass is 513 g/mol. The minimum Gasteiger partial charge on any atom is -0.370 e. The average Bonchev–Trinajstić information content (AvgIpc) is 3.24. The standard InChI is InChI=1S/C27H24BrN5O/c1-18-8-2-4-11-20(18)24-16-25(33-26(32-24)23(28)17-31-33)29-14-7-15-30-27(34)22-13-6-10-19-9-3-5-12-21(19)22/h2-6,8-13,16-17,29H,7,14-15H2,1H3,(H,30,34). The molecule has 2 N–H and O–H groups in total. The summed E-state index contributed by atoms with van der Waals surface area (Å²) in [5, 5.41) is 13.0. The second-order valence-corrected chi connectivity index (χ2v) is 8.99. The van der Waals surface area contributed by atoms with Gasteiger partial charge in [-0.3, -0.25) is 4.79 Å². The molecule has 34 heavy (non-hydrogen) atoms. The maximum Gasteiger partial charge on any atom is 0.251 e. The maximum absolute atomic E-state index is 12.7. The van der Waals surface area contributed by atoms with Crippen LogP contribution in [0.1, 0.15) is 22.3 Å². The lowest BCUT2D eigenvalue weighted by molar-refractivity contribution is 0.0955. The number of aryl methyl sites for hydroxylation is 1. The van der Waals surface area contributed by atoms with Crippen molar-refractivity contribution in [2.45, 2.75) is 13.3 Å². The summed E-state index contributed by atoms with van der Waals surface area (Å²) in [7, 11) is 0. The number of rotatable bonds is 7. The summed E-state index contributed by atoms with van der Waals surface area (Å²) in [5.74, 6) is 0.801. The Kier molecular flexibility index (Phi) is 6.27. The molecule has 6 nitrogen and oxygen atoms in total. The summed E-state index contributed by atoms with van der Waals surface area (Å²) in [6.07, 6.45) is 2.52. The van der Waals surface area contributed by atoms with Gasteiger partial charge in [-0.05, 0) is 51.7 Å². The van der Waals surface area contributed by atoms with Crippen LogP contribution in [0.5, 0.6) is 0 Å². The third-order valence-electron chi connectivity index (χ3n) is 5.83. The number of carbonyl (C=O) groups is 1. The topological polar surface area (TPSA) is 71.3 Å². The highest BCUT2D eigenvalue weighted by Gasteiger charge is 2.13. The summed E-state index contributed by atoms with van der Waals surface area (Å²) in [5.41, 5.74) is 4.60. The van der Waals surface area contributed by atoms with E-state index in [0.717, 1.165) is 50.0 Å². The summed E-state index contributed by atoms with van der Waals surface area (Å²) in [6, 6.07) is 24.0. The molecular weight excluding hydrogens is 490 g/mol. The predicted octanol–water partition coefficient (Wildman–Crippen LogP) is 5.85. The number of fused-ring (bicyclic) bond motifs is 2. The molecule has 0 bridgehead atoms. The van der Waals surface area contributed by atoms with E-state index in [1.807, 2.05) is 60.7 Å². The third kappa shape index (κ3) is 4.39. The normalized spacial score (nSPS) is 11.1. The molecule has 7 heteroatoms. The Hall–Kier alpha value is -3.71. The molecule has 5 rings (SSSR count). The van der Waals surface area contributed by atoms with Gasteiger partial charge in [0.15, 0.2) is 5.65 Å². The Labute approximate surface area is 206 Å². The molecule has 0 aliphatic heterocycles. The van der Waals surface area contributed by atoms with Crippen molar-refractivity contribution in [2.24, 2.45) is 0 Å². The number of aromatic nitrogens is 3. The van der Waals surface area contributed by atoms with Crippen LogP contribution in [-0.4, -0.2) is 33.6 Å². The number of benzene rings is 3. The smallest absolute Gasteiger partial charge is 0.251 e. The van der Waals surface area contributed by atoms with Crippen LogP contribution in [0.4, 0.5) is 5.82 Å². The van der Waals surface area contributed by atoms with E-state index in [1.165, 1.54) is 0 Å². The Balaban J connectivity index is 1.26. The van der Waals surface area contributed by atoms with Crippen LogP contribution in [0.2, 0.25) is 0 Å². The first-order valence-electron chi connectivity index (χ1n) is 11.2. The zero-order valence-electron chi connectivity index (χ0n) is 18.8. The van der Waals surface area contributed by atoms with Gasteiger partial charge in [0.1, 0.15) is 5.82 Å². The molecule has 0 atom stereocenters. The molecule has 170 valence electrons. The summed E-state index contributed by atoms with van der Waals surface area (Å²) >= 11 is 3.55. The summed E-state index contributed by atoms with van der Waals surface area (Å²) < 4.78 is 2.63. The summed E-state index contributed by atoms with van der Waals surface area (Å²) in [4.78, 5) is 17.6. The Morgan fingerprint density at radius 2 is 1.79 bits per heavy atom. The SMILES string of the molecule is Cc1ccccc1-c1cc(NCCCNC(=O)c2cccc3ccccc23)n2ncc(Br)c2n1. The van der Waals surface area contributed by atoms with Gasteiger partial charge >= 0.3 is 0 Å². The van der Waals surface area contributed by atoms with Gasteiger partial charge in [0, 0.05) is 30.3 Å². The first kappa shape index (κ1) is 22.1. The molecule has 5 aromatic rings. The number of amides is 1. The number of anilines is 1. The quantitative estimate of drug-likeness (QED) is 0.267. The van der Waals surface area contributed by atoms with Crippen molar-refractivity contribution in [3.05, 3.63) is 94.6 Å². The van der Waals surface area contributed by atoms with Crippen LogP contribution in [-0.2, 0) is 0 Å². The van der Waals surface area contributed by atoms with E-state index in [1.54, 1.807) is 10.7 Å². The lowest BCUT2D eigenvalue weighted by Crippen LogP contribution is -2.26. The number of carbonyl (C=O) groups excluding carboxylic acids is 1. The average molecular weight is 514 g/mol. The van der Waals surface area contributed by atoms with Gasteiger partial charge in [0.2, 0.25) is 0 Å². The van der Waals surface area contributed by atoms with Crippen LogP contribution in [0.15, 0.2) is 83.5 Å². The van der Waals surface area contributed by atoms with E-state index in [9.17, 15) is 4.79 Å². The van der Waals surface area contributed by atoms with Gasteiger partial charge in [-0.15, -0.1) is 0 Å². The Morgan fingerprint density at radius 3 is 2.68 bits per heavy atom. The van der Waals surface area contributed by atoms with Crippen LogP contribution >= 0.6 is 15.9 Å². The molecule has 3 aromatic carbocycles. The highest BCUT2D eigenvalue weighted by Crippen LogP contribution is 2.27. The van der Waals surface area contributed by atoms with Crippen molar-refractivity contribution in [1.29, 1.82) is 0 Å². The maximum atomic E-state index is 12.7. The van der Waals surface area contributed by atoms with E-state index < -0.39 is 0 Å². The largest absolute Gasteiger partial charge is 0.370 e. The van der Waals surface area contributed by atoms with Gasteiger partial charge in [-0.1, -0.05) is 60.7 Å². The summed E-state index contributed by atoms with van der Waals surface area (Å²) in [6.45, 7) is 3.33. The fraction of sp³-hybridized carbons (Fsp3) is 0.148. The Bertz CT molecular complexity index is 1490. The van der Waals surface area contributed by atoms with Crippen molar-refractivity contribution in [2.75, 3.05) is 18.4 Å². The van der Waals surface area contributed by atoms with Crippen molar-refractivity contribution in [3.63, 3.8) is 0 Å². The molecule has 0 radical (unpaired) electrons. The molecule has 0 spiro atoms. The minimum atomic E-state index is -0.0547. The van der Waals surface area contributed by atoms with Crippen LogP contribution in [0.3, 0.4) is 0 Å². The van der Waals surface area contributed by atoms with Gasteiger partial charge in [0.25, 0.3) is 5.91 Å². The zero-order valence-corrected chi connectivity index (χ0v) is 20.3. The fourth-order valence-corrected chi connectivity index (χ4v) is 4.43. The molecule has 0 saturated heterocycles. The van der Waals surface area contributed by atoms with Crippen molar-refractivity contribution >= 4 is 44.1 Å². The lowest BCUT2D eigenvalue weighted by Gasteiger charge is -2.12. The molecular formula is C27H24BrN5O. The molecule has 0 aliphatic carbocycles. The second-order valence-electron chi connectivity index (χ2n) is 8.13. The van der Waals surface area contributed by atoms with Crippen molar-refractivity contribution in [1.82, 2.24) is 19.9 Å². The molecule has 2 heterocycles. The van der Waals surface area contributed by atoms with Gasteiger partial charge in [-0.2, -0.15) is 9.61 Å². The van der Waals surface area contributed by atoms with E-state index >= 15 is 0 Å². The molecule has 0 fully saturated rings. The Morgan fingerprint density at radius 1 is 1.00 bits per heavy atom. The van der Waals surface area contributed by atoms with E-state index in [-0.39, 0.29) is 5.91 Å². The molecule has 0 aliphatic rings. The van der Waals surface area contributed by atoms with Crippen molar-refractivity contribution in [3.8, 4) is 11.3 Å². The highest BCUT2D eigenvalue weighted by molar-refractivity contribution is 9.10. The molecule has 0 unspecified atom stereocenters. The zero-order chi connectivity index (χ0) is 23.5. The first-order valence-corrected chi connectivity index (χ1v) is 12.0. The lowest BCUT2D eigenvalue weighted by atomic mass is 10.0. The van der Waals surface area contributed by atoms with Crippen LogP contribution < -0.4 is 10.6 Å². The molecule has 2 aromatic heterocycles. The molecule has 1 amide bonds. The fourth-order valence-electron chi connectivity index (χ4n) is 4.09. The minimum absolute atomic E-state index is 0.0547. The highest BCUT2D eigenvalue weighted by atomic mass is 79.9. The number of halogens is 1.